The lowest BCUT2D eigenvalue weighted by Crippen LogP contribution is -2.49. The van der Waals surface area contributed by atoms with E-state index in [0.717, 1.165) is 25.9 Å². The molecule has 0 radical (unpaired) electrons. The summed E-state index contributed by atoms with van der Waals surface area (Å²) in [5.41, 5.74) is 0.586. The second-order valence-electron chi connectivity index (χ2n) is 6.52. The summed E-state index contributed by atoms with van der Waals surface area (Å²) < 4.78 is 16.6. The molecule has 0 aliphatic carbocycles. The first-order valence-corrected chi connectivity index (χ1v) is 9.08. The van der Waals surface area contributed by atoms with Crippen molar-refractivity contribution in [3.8, 4) is 5.75 Å². The third-order valence-electron chi connectivity index (χ3n) is 4.87. The zero-order valence-electron chi connectivity index (χ0n) is 14.7. The number of rotatable bonds is 5. The number of benzene rings is 1. The van der Waals surface area contributed by atoms with Crippen LogP contribution in [0, 0.1) is 5.92 Å². The van der Waals surface area contributed by atoms with Gasteiger partial charge in [-0.05, 0) is 44.5 Å². The van der Waals surface area contributed by atoms with Crippen molar-refractivity contribution in [2.24, 2.45) is 5.92 Å². The van der Waals surface area contributed by atoms with Crippen molar-refractivity contribution in [2.45, 2.75) is 32.1 Å². The highest BCUT2D eigenvalue weighted by molar-refractivity contribution is 6.31. The van der Waals surface area contributed by atoms with Gasteiger partial charge in [0.2, 0.25) is 5.91 Å². The molecule has 0 spiro atoms. The summed E-state index contributed by atoms with van der Waals surface area (Å²) in [7, 11) is 1.57. The molecule has 0 bridgehead atoms. The van der Waals surface area contributed by atoms with Gasteiger partial charge in [0.1, 0.15) is 5.75 Å². The number of nitrogens with one attached hydrogen (secondary N) is 1. The lowest BCUT2D eigenvalue weighted by Gasteiger charge is -2.37. The largest absolute Gasteiger partial charge is 0.495 e. The smallest absolute Gasteiger partial charge is 0.241 e. The van der Waals surface area contributed by atoms with E-state index in [0.29, 0.717) is 35.6 Å². The maximum Gasteiger partial charge on any atom is 0.241 e. The molecule has 0 unspecified atom stereocenters. The van der Waals surface area contributed by atoms with Crippen molar-refractivity contribution >= 4 is 23.2 Å². The number of methoxy groups -OCH3 is 1. The molecule has 138 valence electrons. The molecule has 2 atom stereocenters. The topological polar surface area (TPSA) is 60.0 Å². The highest BCUT2D eigenvalue weighted by Crippen LogP contribution is 2.29. The molecular formula is C18H25ClN2O4. The number of carbonyl (C=O) groups is 1. The Morgan fingerprint density at radius 2 is 2.16 bits per heavy atom. The third kappa shape index (κ3) is 4.44. The number of piperidine rings is 1. The van der Waals surface area contributed by atoms with Crippen LogP contribution >= 0.6 is 11.6 Å². The number of hydrogen-bond acceptors (Lipinski definition) is 5. The zero-order valence-corrected chi connectivity index (χ0v) is 15.4. The fraction of sp³-hybridized carbons (Fsp3) is 0.611. The summed E-state index contributed by atoms with van der Waals surface area (Å²) in [4.78, 5) is 14.9. The minimum absolute atomic E-state index is 0.0746. The van der Waals surface area contributed by atoms with Gasteiger partial charge in [0.15, 0.2) is 6.29 Å². The molecule has 1 aromatic carbocycles. The molecule has 7 heteroatoms. The molecular weight excluding hydrogens is 344 g/mol. The average Bonchev–Trinajstić information content (AvgIpc) is 3.16. The standard InChI is InChI=1S/C18H25ClN2O4/c1-12(17(22)20-15-10-14(19)5-6-16(15)23-2)21-7-3-4-13(11-21)18-24-8-9-25-18/h5-6,10,12-13,18H,3-4,7-9,11H2,1-2H3,(H,20,22)/t12-,13+/m0/s1. The minimum atomic E-state index is -0.257. The van der Waals surface area contributed by atoms with Gasteiger partial charge in [-0.15, -0.1) is 0 Å². The molecule has 2 saturated heterocycles. The highest BCUT2D eigenvalue weighted by atomic mass is 35.5. The third-order valence-corrected chi connectivity index (χ3v) is 5.10. The Bertz CT molecular complexity index is 607. The van der Waals surface area contributed by atoms with Crippen LogP contribution in [-0.2, 0) is 14.3 Å². The van der Waals surface area contributed by atoms with Gasteiger partial charge in [-0.25, -0.2) is 0 Å². The second-order valence-corrected chi connectivity index (χ2v) is 6.95. The molecule has 0 aromatic heterocycles. The number of amides is 1. The Kier molecular flexibility index (Phi) is 6.17. The van der Waals surface area contributed by atoms with Crippen molar-refractivity contribution in [1.29, 1.82) is 0 Å². The van der Waals surface area contributed by atoms with Crippen LogP contribution in [0.3, 0.4) is 0 Å². The van der Waals surface area contributed by atoms with Crippen LogP contribution in [0.2, 0.25) is 5.02 Å². The number of anilines is 1. The number of likely N-dealkylation sites (tertiary alicyclic amines) is 1. The molecule has 6 nitrogen and oxygen atoms in total. The van der Waals surface area contributed by atoms with Gasteiger partial charge in [-0.3, -0.25) is 9.69 Å². The lowest BCUT2D eigenvalue weighted by atomic mass is 9.96. The summed E-state index contributed by atoms with van der Waals surface area (Å²) in [6.07, 6.45) is 1.97. The number of hydrogen-bond donors (Lipinski definition) is 1. The average molecular weight is 369 g/mol. The first-order chi connectivity index (χ1) is 12.1. The van der Waals surface area contributed by atoms with Crippen LogP contribution in [0.25, 0.3) is 0 Å². The molecule has 2 fully saturated rings. The Morgan fingerprint density at radius 1 is 1.40 bits per heavy atom. The molecule has 1 aromatic rings. The second kappa shape index (κ2) is 8.36. The summed E-state index contributed by atoms with van der Waals surface area (Å²) in [5, 5.41) is 3.48. The quantitative estimate of drug-likeness (QED) is 0.866. The van der Waals surface area contributed by atoms with Gasteiger partial charge < -0.3 is 19.5 Å². The van der Waals surface area contributed by atoms with E-state index in [4.69, 9.17) is 25.8 Å². The first kappa shape index (κ1) is 18.5. The number of halogens is 1. The molecule has 25 heavy (non-hydrogen) atoms. The molecule has 2 heterocycles. The summed E-state index contributed by atoms with van der Waals surface area (Å²) in [6.45, 7) is 4.93. The van der Waals surface area contributed by atoms with Crippen molar-refractivity contribution in [2.75, 3.05) is 38.7 Å². The maximum absolute atomic E-state index is 12.7. The van der Waals surface area contributed by atoms with Gasteiger partial charge in [0.05, 0.1) is 32.1 Å². The highest BCUT2D eigenvalue weighted by Gasteiger charge is 2.34. The SMILES string of the molecule is COc1ccc(Cl)cc1NC(=O)[C@H](C)N1CCC[C@@H](C2OCCO2)C1. The van der Waals surface area contributed by atoms with Crippen LogP contribution in [-0.4, -0.2) is 56.6 Å². The predicted molar refractivity (Wildman–Crippen MR) is 96.1 cm³/mol. The van der Waals surface area contributed by atoms with E-state index in [1.807, 2.05) is 6.92 Å². The molecule has 0 saturated carbocycles. The van der Waals surface area contributed by atoms with Crippen molar-refractivity contribution in [1.82, 2.24) is 4.90 Å². The number of nitrogens with zero attached hydrogens (tertiary/aromatic N) is 1. The Morgan fingerprint density at radius 3 is 2.88 bits per heavy atom. The molecule has 1 amide bonds. The summed E-state index contributed by atoms with van der Waals surface area (Å²) in [5.74, 6) is 0.830. The maximum atomic E-state index is 12.7. The lowest BCUT2D eigenvalue weighted by molar-refractivity contribution is -0.126. The Hall–Kier alpha value is -1.34. The Balaban J connectivity index is 1.62. The normalized spacial score (nSPS) is 23.4. The van der Waals surface area contributed by atoms with E-state index in [1.54, 1.807) is 25.3 Å². The van der Waals surface area contributed by atoms with Crippen LogP contribution in [0.1, 0.15) is 19.8 Å². The van der Waals surface area contributed by atoms with Gasteiger partial charge >= 0.3 is 0 Å². The van der Waals surface area contributed by atoms with Crippen LogP contribution in [0.4, 0.5) is 5.69 Å². The van der Waals surface area contributed by atoms with E-state index in [9.17, 15) is 4.79 Å². The number of ether oxygens (including phenoxy) is 3. The first-order valence-electron chi connectivity index (χ1n) is 8.70. The van der Waals surface area contributed by atoms with Crippen LogP contribution in [0.5, 0.6) is 5.75 Å². The van der Waals surface area contributed by atoms with E-state index < -0.39 is 0 Å². The van der Waals surface area contributed by atoms with Crippen molar-refractivity contribution < 1.29 is 19.0 Å². The molecule has 1 N–H and O–H groups in total. The van der Waals surface area contributed by atoms with Crippen LogP contribution < -0.4 is 10.1 Å². The molecule has 2 aliphatic heterocycles. The fourth-order valence-corrected chi connectivity index (χ4v) is 3.62. The monoisotopic (exact) mass is 368 g/mol. The molecule has 2 aliphatic rings. The van der Waals surface area contributed by atoms with E-state index in [-0.39, 0.29) is 18.2 Å². The summed E-state index contributed by atoms with van der Waals surface area (Å²) >= 11 is 6.03. The number of carbonyl (C=O) groups excluding carboxylic acids is 1. The van der Waals surface area contributed by atoms with Crippen LogP contribution in [0.15, 0.2) is 18.2 Å². The van der Waals surface area contributed by atoms with E-state index in [1.165, 1.54) is 0 Å². The minimum Gasteiger partial charge on any atom is -0.495 e. The Labute approximate surface area is 153 Å². The van der Waals surface area contributed by atoms with Crippen molar-refractivity contribution in [3.63, 3.8) is 0 Å². The van der Waals surface area contributed by atoms with Gasteiger partial charge in [-0.2, -0.15) is 0 Å². The van der Waals surface area contributed by atoms with Gasteiger partial charge in [-0.1, -0.05) is 11.6 Å². The predicted octanol–water partition coefficient (Wildman–Crippen LogP) is 2.76. The van der Waals surface area contributed by atoms with Gasteiger partial charge in [0, 0.05) is 17.5 Å². The van der Waals surface area contributed by atoms with E-state index >= 15 is 0 Å². The fourth-order valence-electron chi connectivity index (χ4n) is 3.44. The van der Waals surface area contributed by atoms with Gasteiger partial charge in [0.25, 0.3) is 0 Å². The summed E-state index contributed by atoms with van der Waals surface area (Å²) in [6, 6.07) is 4.92. The van der Waals surface area contributed by atoms with Crippen molar-refractivity contribution in [3.05, 3.63) is 23.2 Å². The van der Waals surface area contributed by atoms with E-state index in [2.05, 4.69) is 10.2 Å². The molecule has 3 rings (SSSR count). The zero-order chi connectivity index (χ0) is 17.8.